The van der Waals surface area contributed by atoms with Crippen LogP contribution in [0.2, 0.25) is 0 Å². The molecule has 7 nitrogen and oxygen atoms in total. The molecule has 1 aliphatic heterocycles. The molecule has 1 heterocycles. The minimum Gasteiger partial charge on any atom is -0.486 e. The maximum Gasteiger partial charge on any atom is 0.221 e. The average molecular weight is 351 g/mol. The Morgan fingerprint density at radius 2 is 1.91 bits per heavy atom. The fraction of sp³-hybridized carbons (Fsp3) is 0.462. The standard InChI is InChI=1S/C13H18N2O5S.ClH/c14-4-5-15-13(16)3-8-21(17,18)10-1-2-11-12(9-10)20-7-6-19-11;/h1-2,9H,3-8,14H2,(H,15,16);1H. The highest BCUT2D eigenvalue weighted by Gasteiger charge is 2.20. The molecule has 1 aliphatic rings. The lowest BCUT2D eigenvalue weighted by Gasteiger charge is -2.18. The summed E-state index contributed by atoms with van der Waals surface area (Å²) in [6, 6.07) is 4.46. The highest BCUT2D eigenvalue weighted by Crippen LogP contribution is 2.32. The largest absolute Gasteiger partial charge is 0.486 e. The second-order valence-corrected chi connectivity index (χ2v) is 6.62. The summed E-state index contributed by atoms with van der Waals surface area (Å²) >= 11 is 0. The highest BCUT2D eigenvalue weighted by atomic mass is 35.5. The summed E-state index contributed by atoms with van der Waals surface area (Å²) in [7, 11) is -3.54. The van der Waals surface area contributed by atoms with Crippen LogP contribution in [-0.2, 0) is 14.6 Å². The van der Waals surface area contributed by atoms with Gasteiger partial charge in [-0.15, -0.1) is 12.4 Å². The van der Waals surface area contributed by atoms with E-state index in [1.165, 1.54) is 12.1 Å². The SMILES string of the molecule is Cl.NCCNC(=O)CCS(=O)(=O)c1ccc2c(c1)OCCO2. The molecule has 9 heteroatoms. The molecule has 124 valence electrons. The maximum absolute atomic E-state index is 12.2. The number of nitrogens with one attached hydrogen (secondary N) is 1. The Labute approximate surface area is 135 Å². The molecule has 0 bridgehead atoms. The van der Waals surface area contributed by atoms with Gasteiger partial charge in [0.1, 0.15) is 13.2 Å². The van der Waals surface area contributed by atoms with Crippen LogP contribution in [0.25, 0.3) is 0 Å². The van der Waals surface area contributed by atoms with E-state index in [1.807, 2.05) is 0 Å². The van der Waals surface area contributed by atoms with Gasteiger partial charge in [0.15, 0.2) is 21.3 Å². The number of nitrogens with two attached hydrogens (primary N) is 1. The van der Waals surface area contributed by atoms with Crippen molar-refractivity contribution in [3.63, 3.8) is 0 Å². The summed E-state index contributed by atoms with van der Waals surface area (Å²) in [5.41, 5.74) is 5.26. The van der Waals surface area contributed by atoms with Gasteiger partial charge in [0.25, 0.3) is 0 Å². The number of sulfone groups is 1. The molecule has 0 atom stereocenters. The number of hydrogen-bond acceptors (Lipinski definition) is 6. The fourth-order valence-electron chi connectivity index (χ4n) is 1.86. The van der Waals surface area contributed by atoms with E-state index in [0.29, 0.717) is 37.8 Å². The fourth-order valence-corrected chi connectivity index (χ4v) is 3.11. The van der Waals surface area contributed by atoms with Gasteiger partial charge in [0.05, 0.1) is 10.6 Å². The monoisotopic (exact) mass is 350 g/mol. The summed E-state index contributed by atoms with van der Waals surface area (Å²) in [6.45, 7) is 1.49. The number of rotatable bonds is 6. The van der Waals surface area contributed by atoms with Crippen molar-refractivity contribution in [2.24, 2.45) is 5.73 Å². The summed E-state index contributed by atoms with van der Waals surface area (Å²) < 4.78 is 35.1. The Morgan fingerprint density at radius 1 is 1.23 bits per heavy atom. The number of carbonyl (C=O) groups excluding carboxylic acids is 1. The smallest absolute Gasteiger partial charge is 0.221 e. The first kappa shape index (κ1) is 18.5. The molecule has 0 fully saturated rings. The number of amides is 1. The van der Waals surface area contributed by atoms with Crippen LogP contribution in [0.5, 0.6) is 11.5 Å². The lowest BCUT2D eigenvalue weighted by molar-refractivity contribution is -0.120. The second-order valence-electron chi connectivity index (χ2n) is 4.51. The van der Waals surface area contributed by atoms with E-state index in [4.69, 9.17) is 15.2 Å². The van der Waals surface area contributed by atoms with Crippen LogP contribution in [0.4, 0.5) is 0 Å². The predicted octanol–water partition coefficient (Wildman–Crippen LogP) is 0.118. The van der Waals surface area contributed by atoms with E-state index >= 15 is 0 Å². The van der Waals surface area contributed by atoms with Crippen LogP contribution in [0.1, 0.15) is 6.42 Å². The predicted molar refractivity (Wildman–Crippen MR) is 83.4 cm³/mol. The van der Waals surface area contributed by atoms with Crippen molar-refractivity contribution in [2.45, 2.75) is 11.3 Å². The van der Waals surface area contributed by atoms with E-state index in [0.717, 1.165) is 0 Å². The van der Waals surface area contributed by atoms with Crippen molar-refractivity contribution in [3.05, 3.63) is 18.2 Å². The Balaban J connectivity index is 0.00000242. The van der Waals surface area contributed by atoms with Crippen molar-refractivity contribution in [1.82, 2.24) is 5.32 Å². The van der Waals surface area contributed by atoms with Crippen molar-refractivity contribution in [1.29, 1.82) is 0 Å². The number of fused-ring (bicyclic) bond motifs is 1. The first-order valence-electron chi connectivity index (χ1n) is 6.62. The van der Waals surface area contributed by atoms with Crippen molar-refractivity contribution < 1.29 is 22.7 Å². The summed E-state index contributed by atoms with van der Waals surface area (Å²) in [5, 5.41) is 2.53. The van der Waals surface area contributed by atoms with Gasteiger partial charge in [-0.2, -0.15) is 0 Å². The molecule has 0 unspecified atom stereocenters. The molecule has 0 spiro atoms. The van der Waals surface area contributed by atoms with E-state index in [-0.39, 0.29) is 35.4 Å². The maximum atomic E-state index is 12.2. The Hall–Kier alpha value is -1.51. The third kappa shape index (κ3) is 4.75. The highest BCUT2D eigenvalue weighted by molar-refractivity contribution is 7.91. The lowest BCUT2D eigenvalue weighted by atomic mass is 10.3. The Bertz CT molecular complexity index is 621. The normalized spacial score (nSPS) is 13.1. The zero-order valence-corrected chi connectivity index (χ0v) is 13.5. The lowest BCUT2D eigenvalue weighted by Crippen LogP contribution is -2.30. The van der Waals surface area contributed by atoms with Gasteiger partial charge >= 0.3 is 0 Å². The topological polar surface area (TPSA) is 108 Å². The van der Waals surface area contributed by atoms with Gasteiger partial charge in [0.2, 0.25) is 5.91 Å². The van der Waals surface area contributed by atoms with Gasteiger partial charge in [-0.25, -0.2) is 8.42 Å². The number of carbonyl (C=O) groups is 1. The van der Waals surface area contributed by atoms with E-state index in [1.54, 1.807) is 6.07 Å². The van der Waals surface area contributed by atoms with Gasteiger partial charge in [0, 0.05) is 25.6 Å². The molecule has 1 amide bonds. The molecule has 2 rings (SSSR count). The number of hydrogen-bond donors (Lipinski definition) is 2. The number of halogens is 1. The van der Waals surface area contributed by atoms with Crippen LogP contribution < -0.4 is 20.5 Å². The quantitative estimate of drug-likeness (QED) is 0.754. The molecule has 0 radical (unpaired) electrons. The van der Waals surface area contributed by atoms with Gasteiger partial charge in [-0.05, 0) is 12.1 Å². The van der Waals surface area contributed by atoms with Crippen LogP contribution in [-0.4, -0.2) is 46.4 Å². The molecular weight excluding hydrogens is 332 g/mol. The minimum atomic E-state index is -3.54. The summed E-state index contributed by atoms with van der Waals surface area (Å²) in [6.07, 6.45) is -0.100. The van der Waals surface area contributed by atoms with Crippen molar-refractivity contribution in [2.75, 3.05) is 32.1 Å². The molecule has 1 aromatic rings. The average Bonchev–Trinajstić information content (AvgIpc) is 2.50. The zero-order chi connectivity index (χ0) is 15.3. The molecule has 0 aromatic heterocycles. The van der Waals surface area contributed by atoms with E-state index in [2.05, 4.69) is 5.32 Å². The first-order chi connectivity index (χ1) is 10.0. The molecule has 0 saturated carbocycles. The third-order valence-electron chi connectivity index (χ3n) is 2.94. The van der Waals surface area contributed by atoms with Gasteiger partial charge < -0.3 is 20.5 Å². The molecule has 0 saturated heterocycles. The van der Waals surface area contributed by atoms with Crippen molar-refractivity contribution >= 4 is 28.2 Å². The number of ether oxygens (including phenoxy) is 2. The first-order valence-corrected chi connectivity index (χ1v) is 8.27. The zero-order valence-electron chi connectivity index (χ0n) is 11.9. The molecule has 1 aromatic carbocycles. The molecular formula is C13H19ClN2O5S. The number of benzene rings is 1. The Morgan fingerprint density at radius 3 is 2.59 bits per heavy atom. The van der Waals surface area contributed by atoms with Crippen LogP contribution in [0.15, 0.2) is 23.1 Å². The second kappa shape index (κ2) is 8.21. The molecule has 3 N–H and O–H groups in total. The van der Waals surface area contributed by atoms with Gasteiger partial charge in [-0.3, -0.25) is 4.79 Å². The van der Waals surface area contributed by atoms with Crippen LogP contribution in [0, 0.1) is 0 Å². The summed E-state index contributed by atoms with van der Waals surface area (Å²) in [4.78, 5) is 11.6. The van der Waals surface area contributed by atoms with Crippen LogP contribution in [0.3, 0.4) is 0 Å². The molecule has 0 aliphatic carbocycles. The Kier molecular flexibility index (Phi) is 6.92. The van der Waals surface area contributed by atoms with E-state index in [9.17, 15) is 13.2 Å². The van der Waals surface area contributed by atoms with Crippen LogP contribution >= 0.6 is 12.4 Å². The van der Waals surface area contributed by atoms with E-state index < -0.39 is 9.84 Å². The summed E-state index contributed by atoms with van der Waals surface area (Å²) in [5.74, 6) is 0.348. The minimum absolute atomic E-state index is 0. The van der Waals surface area contributed by atoms with Gasteiger partial charge in [-0.1, -0.05) is 0 Å². The van der Waals surface area contributed by atoms with Crippen molar-refractivity contribution in [3.8, 4) is 11.5 Å². The third-order valence-corrected chi connectivity index (χ3v) is 4.65. The molecule has 22 heavy (non-hydrogen) atoms.